The molecule has 0 fully saturated rings. The number of nitrogens with one attached hydrogen (secondary N) is 1. The summed E-state index contributed by atoms with van der Waals surface area (Å²) in [5.74, 6) is -0.342. The summed E-state index contributed by atoms with van der Waals surface area (Å²) in [6.45, 7) is 1.66. The number of carbonyl (C=O) groups excluding carboxylic acids is 1. The molecule has 0 bridgehead atoms. The van der Waals surface area contributed by atoms with Gasteiger partial charge in [0.05, 0.1) is 17.5 Å². The van der Waals surface area contributed by atoms with Crippen molar-refractivity contribution in [3.63, 3.8) is 0 Å². The molecule has 150 valence electrons. The summed E-state index contributed by atoms with van der Waals surface area (Å²) in [5, 5.41) is 3.36. The first-order chi connectivity index (χ1) is 13.3. The first-order valence-electron chi connectivity index (χ1n) is 9.40. The van der Waals surface area contributed by atoms with Crippen molar-refractivity contribution in [3.8, 4) is 0 Å². The van der Waals surface area contributed by atoms with E-state index in [0.717, 1.165) is 22.7 Å². The lowest BCUT2D eigenvalue weighted by Crippen LogP contribution is -2.39. The van der Waals surface area contributed by atoms with E-state index in [1.807, 2.05) is 13.0 Å². The lowest BCUT2D eigenvalue weighted by Gasteiger charge is -2.21. The number of amides is 1. The van der Waals surface area contributed by atoms with E-state index < -0.39 is 10.0 Å². The van der Waals surface area contributed by atoms with Crippen molar-refractivity contribution in [1.29, 1.82) is 0 Å². The van der Waals surface area contributed by atoms with Crippen LogP contribution in [-0.2, 0) is 27.7 Å². The number of hydrogen-bond acceptors (Lipinski definition) is 3. The number of rotatable bonds is 6. The monoisotopic (exact) mass is 420 g/mol. The van der Waals surface area contributed by atoms with Gasteiger partial charge >= 0.3 is 0 Å². The Balaban J connectivity index is 1.63. The molecule has 1 amide bonds. The van der Waals surface area contributed by atoms with Crippen LogP contribution >= 0.6 is 11.6 Å². The van der Waals surface area contributed by atoms with Crippen LogP contribution in [-0.4, -0.2) is 32.2 Å². The lowest BCUT2D eigenvalue weighted by atomic mass is 9.89. The highest BCUT2D eigenvalue weighted by Crippen LogP contribution is 2.25. The molecule has 1 N–H and O–H groups in total. The minimum Gasteiger partial charge on any atom is -0.348 e. The second-order valence-electron chi connectivity index (χ2n) is 7.24. The Morgan fingerprint density at radius 1 is 1.11 bits per heavy atom. The van der Waals surface area contributed by atoms with Crippen molar-refractivity contribution >= 4 is 27.5 Å². The molecule has 3 rings (SSSR count). The normalized spacial score (nSPS) is 15.1. The molecule has 0 unspecified atom stereocenters. The zero-order chi connectivity index (χ0) is 20.3. The second-order valence-corrected chi connectivity index (χ2v) is 9.72. The minimum atomic E-state index is -3.75. The minimum absolute atomic E-state index is 0.106. The molecule has 7 heteroatoms. The third-order valence-electron chi connectivity index (χ3n) is 5.14. The molecule has 2 aromatic rings. The lowest BCUT2D eigenvalue weighted by molar-refractivity contribution is -0.121. The van der Waals surface area contributed by atoms with E-state index in [-0.39, 0.29) is 23.4 Å². The largest absolute Gasteiger partial charge is 0.348 e. The molecule has 2 aromatic carbocycles. The number of hydrogen-bond donors (Lipinski definition) is 1. The second kappa shape index (κ2) is 8.64. The number of sulfonamides is 1. The van der Waals surface area contributed by atoms with Crippen LogP contribution in [0.2, 0.25) is 5.02 Å². The van der Waals surface area contributed by atoms with Gasteiger partial charge in [-0.25, -0.2) is 8.42 Å². The van der Waals surface area contributed by atoms with Gasteiger partial charge in [-0.15, -0.1) is 0 Å². The predicted molar refractivity (Wildman–Crippen MR) is 111 cm³/mol. The van der Waals surface area contributed by atoms with Crippen LogP contribution in [0, 0.1) is 0 Å². The average molecular weight is 421 g/mol. The summed E-state index contributed by atoms with van der Waals surface area (Å²) in [4.78, 5) is 12.5. The molecule has 0 saturated heterocycles. The van der Waals surface area contributed by atoms with Gasteiger partial charge in [0.25, 0.3) is 0 Å². The fraction of sp³-hybridized carbons (Fsp3) is 0.381. The number of fused-ring (bicyclic) bond motifs is 1. The van der Waals surface area contributed by atoms with Crippen LogP contribution in [0.5, 0.6) is 0 Å². The van der Waals surface area contributed by atoms with Crippen molar-refractivity contribution in [2.75, 3.05) is 13.6 Å². The smallest absolute Gasteiger partial charge is 0.243 e. The molecule has 28 heavy (non-hydrogen) atoms. The number of likely N-dealkylation sites (N-methyl/N-ethyl adjacent to an activating group) is 1. The molecule has 0 radical (unpaired) electrons. The van der Waals surface area contributed by atoms with Gasteiger partial charge in [0.1, 0.15) is 0 Å². The van der Waals surface area contributed by atoms with Gasteiger partial charge < -0.3 is 5.32 Å². The number of halogens is 1. The van der Waals surface area contributed by atoms with E-state index in [4.69, 9.17) is 11.6 Å². The molecule has 0 aromatic heterocycles. The summed E-state index contributed by atoms with van der Waals surface area (Å²) >= 11 is 5.81. The molecule has 0 saturated carbocycles. The van der Waals surface area contributed by atoms with Crippen molar-refractivity contribution in [2.24, 2.45) is 0 Å². The number of benzene rings is 2. The highest BCUT2D eigenvalue weighted by Gasteiger charge is 2.23. The summed E-state index contributed by atoms with van der Waals surface area (Å²) in [6, 6.07) is 12.1. The topological polar surface area (TPSA) is 66.5 Å². The highest BCUT2D eigenvalue weighted by atomic mass is 35.5. The van der Waals surface area contributed by atoms with E-state index in [0.29, 0.717) is 5.02 Å². The third-order valence-corrected chi connectivity index (χ3v) is 7.21. The van der Waals surface area contributed by atoms with E-state index in [9.17, 15) is 13.2 Å². The SMILES string of the molecule is C[C@H](NC(=O)CN(C)S(=O)(=O)c1ccc(Cl)cc1)c1ccc2c(c1)CCCC2. The maximum atomic E-state index is 12.6. The van der Waals surface area contributed by atoms with Gasteiger partial charge in [-0.3, -0.25) is 4.79 Å². The number of nitrogens with zero attached hydrogens (tertiary/aromatic N) is 1. The van der Waals surface area contributed by atoms with Crippen molar-refractivity contribution < 1.29 is 13.2 Å². The maximum Gasteiger partial charge on any atom is 0.243 e. The Kier molecular flexibility index (Phi) is 6.43. The third kappa shape index (κ3) is 4.74. The standard InChI is InChI=1S/C21H25ClN2O3S/c1-15(17-8-7-16-5-3-4-6-18(16)13-17)23-21(25)14-24(2)28(26,27)20-11-9-19(22)10-12-20/h7-13,15H,3-6,14H2,1-2H3,(H,23,25)/t15-/m0/s1. The fourth-order valence-corrected chi connectivity index (χ4v) is 4.72. The first kappa shape index (κ1) is 20.8. The predicted octanol–water partition coefficient (Wildman–Crippen LogP) is 3.72. The zero-order valence-electron chi connectivity index (χ0n) is 16.1. The zero-order valence-corrected chi connectivity index (χ0v) is 17.7. The van der Waals surface area contributed by atoms with Crippen LogP contribution in [0.4, 0.5) is 0 Å². The molecule has 0 heterocycles. The van der Waals surface area contributed by atoms with E-state index in [2.05, 4.69) is 17.4 Å². The van der Waals surface area contributed by atoms with E-state index in [1.54, 1.807) is 0 Å². The molecule has 0 spiro atoms. The Hall–Kier alpha value is -1.89. The van der Waals surface area contributed by atoms with Crippen LogP contribution in [0.1, 0.15) is 42.5 Å². The molecule has 1 aliphatic rings. The average Bonchev–Trinajstić information content (AvgIpc) is 2.67. The van der Waals surface area contributed by atoms with E-state index >= 15 is 0 Å². The van der Waals surface area contributed by atoms with Gasteiger partial charge in [0.15, 0.2) is 0 Å². The molecular formula is C21H25ClN2O3S. The Labute approximate surface area is 171 Å². The number of aryl methyl sites for hydroxylation is 2. The van der Waals surface area contributed by atoms with Crippen molar-refractivity contribution in [1.82, 2.24) is 9.62 Å². The summed E-state index contributed by atoms with van der Waals surface area (Å²) in [5.41, 5.74) is 3.78. The van der Waals surface area contributed by atoms with Gasteiger partial charge in [0, 0.05) is 12.1 Å². The Morgan fingerprint density at radius 2 is 1.75 bits per heavy atom. The van der Waals surface area contributed by atoms with Crippen molar-refractivity contribution in [3.05, 3.63) is 64.2 Å². The molecule has 1 atom stereocenters. The van der Waals surface area contributed by atoms with Crippen LogP contribution in [0.3, 0.4) is 0 Å². The number of carbonyl (C=O) groups is 1. The van der Waals surface area contributed by atoms with Gasteiger partial charge in [-0.2, -0.15) is 4.31 Å². The summed E-state index contributed by atoms with van der Waals surface area (Å²) < 4.78 is 26.2. The molecule has 1 aliphatic carbocycles. The summed E-state index contributed by atoms with van der Waals surface area (Å²) in [7, 11) is -2.35. The highest BCUT2D eigenvalue weighted by molar-refractivity contribution is 7.89. The first-order valence-corrected chi connectivity index (χ1v) is 11.2. The molecule has 0 aliphatic heterocycles. The quantitative estimate of drug-likeness (QED) is 0.774. The summed E-state index contributed by atoms with van der Waals surface area (Å²) in [6.07, 6.45) is 4.62. The van der Waals surface area contributed by atoms with Gasteiger partial charge in [-0.1, -0.05) is 29.8 Å². The Morgan fingerprint density at radius 3 is 2.43 bits per heavy atom. The van der Waals surface area contributed by atoms with Crippen LogP contribution in [0.25, 0.3) is 0 Å². The van der Waals surface area contributed by atoms with Gasteiger partial charge in [-0.05, 0) is 73.6 Å². The van der Waals surface area contributed by atoms with Crippen LogP contribution in [0.15, 0.2) is 47.4 Å². The molecular weight excluding hydrogens is 396 g/mol. The fourth-order valence-electron chi connectivity index (χ4n) is 3.47. The van der Waals surface area contributed by atoms with Crippen LogP contribution < -0.4 is 5.32 Å². The molecule has 5 nitrogen and oxygen atoms in total. The maximum absolute atomic E-state index is 12.6. The Bertz CT molecular complexity index is 958. The van der Waals surface area contributed by atoms with E-state index in [1.165, 1.54) is 55.3 Å². The van der Waals surface area contributed by atoms with Gasteiger partial charge in [0.2, 0.25) is 15.9 Å². The van der Waals surface area contributed by atoms with Crippen molar-refractivity contribution in [2.45, 2.75) is 43.5 Å².